The van der Waals surface area contributed by atoms with E-state index in [9.17, 15) is 9.18 Å². The van der Waals surface area contributed by atoms with Gasteiger partial charge in [-0.2, -0.15) is 0 Å². The molecule has 0 saturated carbocycles. The minimum Gasteiger partial charge on any atom is -0.444 e. The highest BCUT2D eigenvalue weighted by Crippen LogP contribution is 2.32. The Morgan fingerprint density at radius 2 is 1.71 bits per heavy atom. The molecule has 1 saturated heterocycles. The summed E-state index contributed by atoms with van der Waals surface area (Å²) in [7, 11) is 0. The molecule has 0 radical (unpaired) electrons. The predicted octanol–water partition coefficient (Wildman–Crippen LogP) is 4.88. The molecule has 6 nitrogen and oxygen atoms in total. The standard InChI is InChI=1S/C24H27FN4O2/c1-16-15-28(13-14-29(16)23(30)31-24(2,3)4)22-20-8-6-5-7-19(20)21(26-27-22)17-9-11-18(25)12-10-17/h5-12,16H,13-15H2,1-4H3. The summed E-state index contributed by atoms with van der Waals surface area (Å²) < 4.78 is 18.9. The number of amides is 1. The number of ether oxygens (including phenoxy) is 1. The van der Waals surface area contributed by atoms with Crippen molar-refractivity contribution < 1.29 is 13.9 Å². The Balaban J connectivity index is 1.62. The van der Waals surface area contributed by atoms with Crippen LogP contribution in [0.15, 0.2) is 48.5 Å². The van der Waals surface area contributed by atoms with Gasteiger partial charge in [-0.3, -0.25) is 0 Å². The summed E-state index contributed by atoms with van der Waals surface area (Å²) in [5.41, 5.74) is 1.02. The number of carbonyl (C=O) groups excluding carboxylic acids is 1. The maximum Gasteiger partial charge on any atom is 0.410 e. The first-order valence-electron chi connectivity index (χ1n) is 10.5. The second kappa shape index (κ2) is 8.13. The Morgan fingerprint density at radius 1 is 1.03 bits per heavy atom. The van der Waals surface area contributed by atoms with Gasteiger partial charge >= 0.3 is 6.09 Å². The molecule has 1 aromatic heterocycles. The predicted molar refractivity (Wildman–Crippen MR) is 120 cm³/mol. The van der Waals surface area contributed by atoms with Crippen molar-refractivity contribution in [1.82, 2.24) is 15.1 Å². The largest absolute Gasteiger partial charge is 0.444 e. The summed E-state index contributed by atoms with van der Waals surface area (Å²) in [5.74, 6) is 0.506. The van der Waals surface area contributed by atoms with E-state index in [0.29, 0.717) is 19.6 Å². The lowest BCUT2D eigenvalue weighted by molar-refractivity contribution is 0.0158. The number of carbonyl (C=O) groups is 1. The number of aromatic nitrogens is 2. The second-order valence-electron chi connectivity index (χ2n) is 8.89. The summed E-state index contributed by atoms with van der Waals surface area (Å²) in [6.45, 7) is 9.44. The number of benzene rings is 2. The topological polar surface area (TPSA) is 58.6 Å². The Kier molecular flexibility index (Phi) is 5.52. The number of hydrogen-bond acceptors (Lipinski definition) is 5. The molecule has 0 bridgehead atoms. The Bertz CT molecular complexity index is 1090. The molecule has 162 valence electrons. The summed E-state index contributed by atoms with van der Waals surface area (Å²) in [5, 5.41) is 11.0. The first-order valence-corrected chi connectivity index (χ1v) is 10.5. The molecule has 1 unspecified atom stereocenters. The van der Waals surface area contributed by atoms with Crippen molar-refractivity contribution in [2.24, 2.45) is 0 Å². The average molecular weight is 423 g/mol. The molecule has 1 aliphatic rings. The van der Waals surface area contributed by atoms with Crippen LogP contribution in [0.3, 0.4) is 0 Å². The smallest absolute Gasteiger partial charge is 0.410 e. The number of fused-ring (bicyclic) bond motifs is 1. The molecule has 3 aromatic rings. The highest BCUT2D eigenvalue weighted by molar-refractivity contribution is 6.00. The van der Waals surface area contributed by atoms with Crippen LogP contribution in [0, 0.1) is 5.82 Å². The number of anilines is 1. The Morgan fingerprint density at radius 3 is 2.35 bits per heavy atom. The third-order valence-corrected chi connectivity index (χ3v) is 5.34. The number of rotatable bonds is 2. The quantitative estimate of drug-likeness (QED) is 0.589. The maximum atomic E-state index is 13.4. The van der Waals surface area contributed by atoms with E-state index in [1.54, 1.807) is 17.0 Å². The van der Waals surface area contributed by atoms with E-state index < -0.39 is 5.60 Å². The minimum absolute atomic E-state index is 0.0269. The number of halogens is 1. The zero-order valence-electron chi connectivity index (χ0n) is 18.3. The first kappa shape index (κ1) is 21.0. The molecule has 0 aliphatic carbocycles. The number of nitrogens with zero attached hydrogens (tertiary/aromatic N) is 4. The molecule has 1 amide bonds. The molecular weight excluding hydrogens is 395 g/mol. The molecule has 31 heavy (non-hydrogen) atoms. The molecule has 1 aliphatic heterocycles. The molecule has 0 N–H and O–H groups in total. The molecule has 1 atom stereocenters. The SMILES string of the molecule is CC1CN(c2nnc(-c3ccc(F)cc3)c3ccccc23)CCN1C(=O)OC(C)(C)C. The van der Waals surface area contributed by atoms with Gasteiger partial charge in [0.2, 0.25) is 0 Å². The van der Waals surface area contributed by atoms with Crippen LogP contribution in [0.2, 0.25) is 0 Å². The second-order valence-corrected chi connectivity index (χ2v) is 8.89. The van der Waals surface area contributed by atoms with Gasteiger partial charge in [0.05, 0.1) is 0 Å². The summed E-state index contributed by atoms with van der Waals surface area (Å²) in [6.07, 6.45) is -0.290. The van der Waals surface area contributed by atoms with E-state index in [2.05, 4.69) is 15.1 Å². The molecule has 2 heterocycles. The highest BCUT2D eigenvalue weighted by Gasteiger charge is 2.32. The van der Waals surface area contributed by atoms with Crippen molar-refractivity contribution in [3.63, 3.8) is 0 Å². The van der Waals surface area contributed by atoms with Gasteiger partial charge in [-0.25, -0.2) is 9.18 Å². The van der Waals surface area contributed by atoms with Gasteiger partial charge in [-0.05, 0) is 52.0 Å². The van der Waals surface area contributed by atoms with Gasteiger partial charge in [-0.1, -0.05) is 24.3 Å². The van der Waals surface area contributed by atoms with Crippen LogP contribution in [0.25, 0.3) is 22.0 Å². The van der Waals surface area contributed by atoms with Crippen LogP contribution < -0.4 is 4.90 Å². The zero-order valence-corrected chi connectivity index (χ0v) is 18.3. The van der Waals surface area contributed by atoms with Gasteiger partial charge in [0.15, 0.2) is 5.82 Å². The van der Waals surface area contributed by atoms with Crippen LogP contribution >= 0.6 is 0 Å². The normalized spacial score (nSPS) is 17.1. The molecule has 1 fully saturated rings. The third kappa shape index (κ3) is 4.45. The van der Waals surface area contributed by atoms with Crippen molar-refractivity contribution in [2.45, 2.75) is 39.3 Å². The lowest BCUT2D eigenvalue weighted by Crippen LogP contribution is -2.55. The van der Waals surface area contributed by atoms with Gasteiger partial charge < -0.3 is 14.5 Å². The Labute approximate surface area is 181 Å². The van der Waals surface area contributed by atoms with Gasteiger partial charge in [-0.15, -0.1) is 10.2 Å². The van der Waals surface area contributed by atoms with E-state index in [1.165, 1.54) is 12.1 Å². The fourth-order valence-electron chi connectivity index (χ4n) is 3.89. The fourth-order valence-corrected chi connectivity index (χ4v) is 3.89. The Hall–Kier alpha value is -3.22. The molecule has 7 heteroatoms. The van der Waals surface area contributed by atoms with Crippen molar-refractivity contribution in [1.29, 1.82) is 0 Å². The number of hydrogen-bond donors (Lipinski definition) is 0. The monoisotopic (exact) mass is 422 g/mol. The lowest BCUT2D eigenvalue weighted by atomic mass is 10.0. The minimum atomic E-state index is -0.522. The van der Waals surface area contributed by atoms with E-state index in [0.717, 1.165) is 27.8 Å². The summed E-state index contributed by atoms with van der Waals surface area (Å²) >= 11 is 0. The zero-order chi connectivity index (χ0) is 22.2. The molecular formula is C24H27FN4O2. The van der Waals surface area contributed by atoms with Crippen LogP contribution in [-0.2, 0) is 4.74 Å². The van der Waals surface area contributed by atoms with Crippen LogP contribution in [0.4, 0.5) is 15.0 Å². The van der Waals surface area contributed by atoms with Gasteiger partial charge in [0.1, 0.15) is 17.1 Å². The van der Waals surface area contributed by atoms with E-state index >= 15 is 0 Å². The van der Waals surface area contributed by atoms with Crippen molar-refractivity contribution >= 4 is 22.7 Å². The van der Waals surface area contributed by atoms with Gasteiger partial charge in [0.25, 0.3) is 0 Å². The molecule has 2 aromatic carbocycles. The van der Waals surface area contributed by atoms with Crippen LogP contribution in [0.1, 0.15) is 27.7 Å². The van der Waals surface area contributed by atoms with Gasteiger partial charge in [0, 0.05) is 42.0 Å². The summed E-state index contributed by atoms with van der Waals surface area (Å²) in [4.78, 5) is 16.5. The van der Waals surface area contributed by atoms with Crippen molar-refractivity contribution in [3.05, 3.63) is 54.3 Å². The van der Waals surface area contributed by atoms with Crippen LogP contribution in [0.5, 0.6) is 0 Å². The molecule has 4 rings (SSSR count). The fraction of sp³-hybridized carbons (Fsp3) is 0.375. The van der Waals surface area contributed by atoms with Crippen LogP contribution in [-0.4, -0.2) is 52.5 Å². The lowest BCUT2D eigenvalue weighted by Gasteiger charge is -2.40. The number of piperazine rings is 1. The first-order chi connectivity index (χ1) is 14.7. The van der Waals surface area contributed by atoms with E-state index in [-0.39, 0.29) is 18.0 Å². The molecule has 0 spiro atoms. The van der Waals surface area contributed by atoms with E-state index in [4.69, 9.17) is 4.74 Å². The van der Waals surface area contributed by atoms with Crippen molar-refractivity contribution in [3.8, 4) is 11.3 Å². The third-order valence-electron chi connectivity index (χ3n) is 5.34. The highest BCUT2D eigenvalue weighted by atomic mass is 19.1. The average Bonchev–Trinajstić information content (AvgIpc) is 2.72. The van der Waals surface area contributed by atoms with Crippen molar-refractivity contribution in [2.75, 3.05) is 24.5 Å². The van der Waals surface area contributed by atoms with E-state index in [1.807, 2.05) is 52.0 Å². The summed E-state index contributed by atoms with van der Waals surface area (Å²) in [6, 6.07) is 14.2. The maximum absolute atomic E-state index is 13.4.